The zero-order chi connectivity index (χ0) is 31.1. The Bertz CT molecular complexity index is 1480. The summed E-state index contributed by atoms with van der Waals surface area (Å²) in [6.45, 7) is 10.9. The quantitative estimate of drug-likeness (QED) is 0.300. The average Bonchev–Trinajstić information content (AvgIpc) is 2.95. The molecule has 0 spiro atoms. The predicted molar refractivity (Wildman–Crippen MR) is 167 cm³/mol. The van der Waals surface area contributed by atoms with Crippen molar-refractivity contribution < 1.29 is 22.7 Å². The number of hydrogen-bond donors (Lipinski definition) is 1. The first-order chi connectivity index (χ1) is 19.8. The highest BCUT2D eigenvalue weighted by molar-refractivity contribution is 7.92. The third kappa shape index (κ3) is 8.12. The van der Waals surface area contributed by atoms with Gasteiger partial charge in [-0.05, 0) is 82.0 Å². The smallest absolute Gasteiger partial charge is 0.264 e. The molecule has 0 aliphatic carbocycles. The van der Waals surface area contributed by atoms with Gasteiger partial charge in [-0.1, -0.05) is 61.9 Å². The van der Waals surface area contributed by atoms with E-state index >= 15 is 0 Å². The molecule has 1 N–H and O–H groups in total. The molecule has 0 fully saturated rings. The number of hydrogen-bond acceptors (Lipinski definition) is 5. The molecule has 0 saturated carbocycles. The van der Waals surface area contributed by atoms with Gasteiger partial charge in [-0.15, -0.1) is 0 Å². The molecule has 0 aliphatic heterocycles. The third-order valence-electron chi connectivity index (χ3n) is 6.90. The molecule has 226 valence electrons. The van der Waals surface area contributed by atoms with Crippen LogP contribution >= 0.6 is 0 Å². The van der Waals surface area contributed by atoms with Crippen molar-refractivity contribution in [3.63, 3.8) is 0 Å². The fraction of sp³-hybridized carbons (Fsp3) is 0.394. The van der Waals surface area contributed by atoms with E-state index in [-0.39, 0.29) is 17.3 Å². The summed E-state index contributed by atoms with van der Waals surface area (Å²) in [7, 11) is -2.57. The number of benzene rings is 3. The van der Waals surface area contributed by atoms with Crippen LogP contribution in [0.5, 0.6) is 5.75 Å². The van der Waals surface area contributed by atoms with Crippen molar-refractivity contribution in [3.8, 4) is 5.75 Å². The molecule has 3 rings (SSSR count). The van der Waals surface area contributed by atoms with E-state index in [9.17, 15) is 18.0 Å². The van der Waals surface area contributed by atoms with Gasteiger partial charge in [0.1, 0.15) is 18.3 Å². The number of sulfonamides is 1. The molecule has 3 aromatic rings. The van der Waals surface area contributed by atoms with Crippen molar-refractivity contribution in [1.82, 2.24) is 10.2 Å². The molecule has 1 atom stereocenters. The zero-order valence-corrected chi connectivity index (χ0v) is 26.5. The van der Waals surface area contributed by atoms with E-state index in [1.165, 1.54) is 9.21 Å². The van der Waals surface area contributed by atoms with Crippen LogP contribution in [0.1, 0.15) is 57.7 Å². The van der Waals surface area contributed by atoms with Crippen molar-refractivity contribution >= 4 is 27.5 Å². The molecular weight excluding hydrogens is 550 g/mol. The van der Waals surface area contributed by atoms with Gasteiger partial charge in [0.2, 0.25) is 11.8 Å². The molecule has 1 unspecified atom stereocenters. The molecule has 9 heteroatoms. The first-order valence-electron chi connectivity index (χ1n) is 14.2. The lowest BCUT2D eigenvalue weighted by molar-refractivity contribution is -0.141. The Labute approximate surface area is 250 Å². The SMILES string of the molecule is CCc1ccccc1N(CC(=O)N(Cc1cccc(OC)c1)C(CC)C(=O)NC(C)(C)C)S(=O)(=O)c1ccc(C)cc1. The lowest BCUT2D eigenvalue weighted by Crippen LogP contribution is -2.55. The van der Waals surface area contributed by atoms with Crippen molar-refractivity contribution in [2.45, 2.75) is 77.4 Å². The van der Waals surface area contributed by atoms with E-state index < -0.39 is 34.1 Å². The molecule has 8 nitrogen and oxygen atoms in total. The Morgan fingerprint density at radius 3 is 2.21 bits per heavy atom. The number of carbonyl (C=O) groups excluding carboxylic acids is 2. The van der Waals surface area contributed by atoms with Gasteiger partial charge in [0, 0.05) is 12.1 Å². The second kappa shape index (κ2) is 13.9. The number of para-hydroxylation sites is 1. The van der Waals surface area contributed by atoms with Gasteiger partial charge >= 0.3 is 0 Å². The summed E-state index contributed by atoms with van der Waals surface area (Å²) in [5.41, 5.74) is 2.38. The lowest BCUT2D eigenvalue weighted by Gasteiger charge is -2.35. The zero-order valence-electron chi connectivity index (χ0n) is 25.7. The highest BCUT2D eigenvalue weighted by atomic mass is 32.2. The second-order valence-corrected chi connectivity index (χ2v) is 13.2. The molecule has 0 aromatic heterocycles. The summed E-state index contributed by atoms with van der Waals surface area (Å²) < 4.78 is 34.8. The number of ether oxygens (including phenoxy) is 1. The fourth-order valence-corrected chi connectivity index (χ4v) is 6.20. The molecule has 3 aromatic carbocycles. The summed E-state index contributed by atoms with van der Waals surface area (Å²) in [6.07, 6.45) is 0.914. The highest BCUT2D eigenvalue weighted by Crippen LogP contribution is 2.29. The van der Waals surface area contributed by atoms with Crippen LogP contribution in [0.4, 0.5) is 5.69 Å². The summed E-state index contributed by atoms with van der Waals surface area (Å²) in [6, 6.07) is 20.2. The Kier molecular flexibility index (Phi) is 10.8. The minimum atomic E-state index is -4.13. The third-order valence-corrected chi connectivity index (χ3v) is 8.67. The van der Waals surface area contributed by atoms with Crippen LogP contribution < -0.4 is 14.4 Å². The van der Waals surface area contributed by atoms with Crippen LogP contribution in [0.25, 0.3) is 0 Å². The molecule has 0 radical (unpaired) electrons. The molecule has 0 aliphatic rings. The molecule has 0 heterocycles. The van der Waals surface area contributed by atoms with Crippen LogP contribution in [-0.2, 0) is 32.6 Å². The van der Waals surface area contributed by atoms with Crippen molar-refractivity contribution in [1.29, 1.82) is 0 Å². The lowest BCUT2D eigenvalue weighted by atomic mass is 10.1. The minimum absolute atomic E-state index is 0.0867. The van der Waals surface area contributed by atoms with E-state index in [0.717, 1.165) is 16.7 Å². The van der Waals surface area contributed by atoms with Crippen molar-refractivity contribution in [2.24, 2.45) is 0 Å². The molecular formula is C33H43N3O5S. The predicted octanol–water partition coefficient (Wildman–Crippen LogP) is 5.48. The van der Waals surface area contributed by atoms with E-state index in [4.69, 9.17) is 4.74 Å². The number of aryl methyl sites for hydroxylation is 2. The number of nitrogens with one attached hydrogen (secondary N) is 1. The largest absolute Gasteiger partial charge is 0.497 e. The van der Waals surface area contributed by atoms with Crippen LogP contribution in [-0.4, -0.2) is 50.4 Å². The van der Waals surface area contributed by atoms with Gasteiger partial charge in [0.15, 0.2) is 0 Å². The van der Waals surface area contributed by atoms with E-state index in [0.29, 0.717) is 24.3 Å². The van der Waals surface area contributed by atoms with Gasteiger partial charge in [-0.3, -0.25) is 13.9 Å². The Morgan fingerprint density at radius 2 is 1.62 bits per heavy atom. The maximum atomic E-state index is 14.3. The molecule has 2 amide bonds. The van der Waals surface area contributed by atoms with E-state index in [1.807, 2.05) is 71.9 Å². The van der Waals surface area contributed by atoms with Gasteiger partial charge in [0.25, 0.3) is 10.0 Å². The van der Waals surface area contributed by atoms with Crippen LogP contribution in [0.3, 0.4) is 0 Å². The highest BCUT2D eigenvalue weighted by Gasteiger charge is 2.35. The number of anilines is 1. The number of carbonyl (C=O) groups is 2. The van der Waals surface area contributed by atoms with Gasteiger partial charge in [-0.2, -0.15) is 0 Å². The summed E-state index contributed by atoms with van der Waals surface area (Å²) >= 11 is 0. The summed E-state index contributed by atoms with van der Waals surface area (Å²) in [5.74, 6) is -0.175. The Balaban J connectivity index is 2.12. The van der Waals surface area contributed by atoms with Crippen LogP contribution in [0.15, 0.2) is 77.7 Å². The fourth-order valence-electron chi connectivity index (χ4n) is 4.74. The summed E-state index contributed by atoms with van der Waals surface area (Å²) in [4.78, 5) is 29.4. The van der Waals surface area contributed by atoms with Crippen LogP contribution in [0.2, 0.25) is 0 Å². The van der Waals surface area contributed by atoms with Gasteiger partial charge in [0.05, 0.1) is 17.7 Å². The molecule has 0 saturated heterocycles. The maximum absolute atomic E-state index is 14.3. The first-order valence-corrected chi connectivity index (χ1v) is 15.7. The van der Waals surface area contributed by atoms with E-state index in [1.54, 1.807) is 49.6 Å². The number of rotatable bonds is 12. The Morgan fingerprint density at radius 1 is 0.952 bits per heavy atom. The van der Waals surface area contributed by atoms with Crippen molar-refractivity contribution in [2.75, 3.05) is 18.0 Å². The first kappa shape index (κ1) is 32.7. The Hall–Kier alpha value is -3.85. The van der Waals surface area contributed by atoms with Crippen LogP contribution in [0, 0.1) is 6.92 Å². The van der Waals surface area contributed by atoms with Gasteiger partial charge in [-0.25, -0.2) is 8.42 Å². The number of nitrogens with zero attached hydrogens (tertiary/aromatic N) is 2. The van der Waals surface area contributed by atoms with E-state index in [2.05, 4.69) is 5.32 Å². The second-order valence-electron chi connectivity index (χ2n) is 11.3. The maximum Gasteiger partial charge on any atom is 0.264 e. The average molecular weight is 594 g/mol. The monoisotopic (exact) mass is 593 g/mol. The standard InChI is InChI=1S/C33H43N3O5S/c1-8-26-14-10-11-16-30(26)36(42(39,40)28-19-17-24(3)18-20-28)23-31(37)35(22-25-13-12-15-27(21-25)41-7)29(9-2)32(38)34-33(4,5)6/h10-21,29H,8-9,22-23H2,1-7H3,(H,34,38). The molecule has 0 bridgehead atoms. The number of amides is 2. The van der Waals surface area contributed by atoms with Gasteiger partial charge < -0.3 is 15.0 Å². The topological polar surface area (TPSA) is 96.0 Å². The molecule has 42 heavy (non-hydrogen) atoms. The summed E-state index contributed by atoms with van der Waals surface area (Å²) in [5, 5.41) is 2.99. The minimum Gasteiger partial charge on any atom is -0.497 e. The number of methoxy groups -OCH3 is 1. The van der Waals surface area contributed by atoms with Crippen molar-refractivity contribution in [3.05, 3.63) is 89.5 Å². The normalized spacial score (nSPS) is 12.4.